The van der Waals surface area contributed by atoms with Crippen molar-refractivity contribution in [3.63, 3.8) is 0 Å². The zero-order valence-corrected chi connectivity index (χ0v) is 9.92. The number of nitrogens with one attached hydrogen (secondary N) is 2. The highest BCUT2D eigenvalue weighted by atomic mass is 15.0. The first kappa shape index (κ1) is 12.2. The standard InChI is InChI=1S/C12H23N3/c1-3-5-6-11(4-2)9-13-10-12-14-7-8-15-12/h7-8,11,13H,3-6,9-10H2,1-2H3,(H,14,15)/t11-/m0/s1. The molecule has 1 heterocycles. The maximum atomic E-state index is 4.18. The molecule has 0 saturated carbocycles. The summed E-state index contributed by atoms with van der Waals surface area (Å²) in [7, 11) is 0. The molecule has 15 heavy (non-hydrogen) atoms. The Morgan fingerprint density at radius 2 is 2.33 bits per heavy atom. The van der Waals surface area contributed by atoms with E-state index in [1.165, 1.54) is 25.7 Å². The van der Waals surface area contributed by atoms with Gasteiger partial charge in [0.05, 0.1) is 6.54 Å². The van der Waals surface area contributed by atoms with Crippen LogP contribution in [0.1, 0.15) is 45.4 Å². The molecule has 0 saturated heterocycles. The Balaban J connectivity index is 2.11. The van der Waals surface area contributed by atoms with Gasteiger partial charge in [0, 0.05) is 12.4 Å². The van der Waals surface area contributed by atoms with E-state index in [0.717, 1.165) is 24.8 Å². The molecule has 2 N–H and O–H groups in total. The first-order valence-electron chi connectivity index (χ1n) is 6.05. The van der Waals surface area contributed by atoms with Crippen LogP contribution in [0.4, 0.5) is 0 Å². The van der Waals surface area contributed by atoms with E-state index in [4.69, 9.17) is 0 Å². The molecule has 0 radical (unpaired) electrons. The Hall–Kier alpha value is -0.830. The van der Waals surface area contributed by atoms with Gasteiger partial charge in [0.2, 0.25) is 0 Å². The summed E-state index contributed by atoms with van der Waals surface area (Å²) >= 11 is 0. The molecule has 0 spiro atoms. The summed E-state index contributed by atoms with van der Waals surface area (Å²) in [5.41, 5.74) is 0. The summed E-state index contributed by atoms with van der Waals surface area (Å²) < 4.78 is 0. The first-order valence-corrected chi connectivity index (χ1v) is 6.05. The molecule has 0 bridgehead atoms. The van der Waals surface area contributed by atoms with Crippen LogP contribution in [0.3, 0.4) is 0 Å². The first-order chi connectivity index (χ1) is 7.36. The zero-order valence-electron chi connectivity index (χ0n) is 9.92. The molecule has 3 nitrogen and oxygen atoms in total. The van der Waals surface area contributed by atoms with Gasteiger partial charge >= 0.3 is 0 Å². The third kappa shape index (κ3) is 4.98. The van der Waals surface area contributed by atoms with Crippen LogP contribution < -0.4 is 5.32 Å². The van der Waals surface area contributed by atoms with Gasteiger partial charge in [0.1, 0.15) is 5.82 Å². The average molecular weight is 209 g/mol. The second-order valence-electron chi connectivity index (χ2n) is 4.08. The summed E-state index contributed by atoms with van der Waals surface area (Å²) in [6.07, 6.45) is 8.93. The van der Waals surface area contributed by atoms with Crippen LogP contribution in [-0.2, 0) is 6.54 Å². The Morgan fingerprint density at radius 3 is 2.93 bits per heavy atom. The number of aromatic amines is 1. The van der Waals surface area contributed by atoms with Crippen LogP contribution >= 0.6 is 0 Å². The van der Waals surface area contributed by atoms with Crippen molar-refractivity contribution < 1.29 is 0 Å². The van der Waals surface area contributed by atoms with Gasteiger partial charge in [-0.15, -0.1) is 0 Å². The number of nitrogens with zero attached hydrogens (tertiary/aromatic N) is 1. The number of aromatic nitrogens is 2. The molecule has 0 aliphatic carbocycles. The van der Waals surface area contributed by atoms with Crippen LogP contribution in [0.5, 0.6) is 0 Å². The number of imidazole rings is 1. The minimum absolute atomic E-state index is 0.819. The summed E-state index contributed by atoms with van der Waals surface area (Å²) in [5, 5.41) is 3.45. The van der Waals surface area contributed by atoms with Gasteiger partial charge in [-0.3, -0.25) is 0 Å². The zero-order chi connectivity index (χ0) is 10.9. The molecule has 0 aromatic carbocycles. The maximum Gasteiger partial charge on any atom is 0.120 e. The van der Waals surface area contributed by atoms with Crippen LogP contribution in [0.25, 0.3) is 0 Å². The fraction of sp³-hybridized carbons (Fsp3) is 0.750. The summed E-state index contributed by atoms with van der Waals surface area (Å²) in [5.74, 6) is 1.85. The van der Waals surface area contributed by atoms with Crippen molar-refractivity contribution in [2.75, 3.05) is 6.54 Å². The van der Waals surface area contributed by atoms with Crippen molar-refractivity contribution in [3.05, 3.63) is 18.2 Å². The van der Waals surface area contributed by atoms with Crippen molar-refractivity contribution in [1.29, 1.82) is 0 Å². The molecule has 0 fully saturated rings. The summed E-state index contributed by atoms with van der Waals surface area (Å²) in [6.45, 7) is 6.49. The molecular formula is C12H23N3. The normalized spacial score (nSPS) is 12.9. The van der Waals surface area contributed by atoms with E-state index in [2.05, 4.69) is 29.1 Å². The number of hydrogen-bond donors (Lipinski definition) is 2. The average Bonchev–Trinajstić information content (AvgIpc) is 2.76. The van der Waals surface area contributed by atoms with Gasteiger partial charge < -0.3 is 10.3 Å². The minimum atomic E-state index is 0.819. The molecule has 0 amide bonds. The maximum absolute atomic E-state index is 4.18. The van der Waals surface area contributed by atoms with Crippen molar-refractivity contribution in [1.82, 2.24) is 15.3 Å². The fourth-order valence-corrected chi connectivity index (χ4v) is 1.73. The highest BCUT2D eigenvalue weighted by molar-refractivity contribution is 4.85. The molecular weight excluding hydrogens is 186 g/mol. The summed E-state index contributed by atoms with van der Waals surface area (Å²) in [4.78, 5) is 7.28. The quantitative estimate of drug-likeness (QED) is 0.691. The topological polar surface area (TPSA) is 40.7 Å². The highest BCUT2D eigenvalue weighted by Gasteiger charge is 2.05. The molecule has 1 aromatic rings. The predicted octanol–water partition coefficient (Wildman–Crippen LogP) is 2.72. The van der Waals surface area contributed by atoms with Crippen LogP contribution in [0, 0.1) is 5.92 Å². The molecule has 1 aromatic heterocycles. The number of hydrogen-bond acceptors (Lipinski definition) is 2. The molecule has 0 unspecified atom stereocenters. The Bertz CT molecular complexity index is 231. The molecule has 3 heteroatoms. The molecule has 0 aliphatic rings. The van der Waals surface area contributed by atoms with Gasteiger partial charge in [-0.25, -0.2) is 4.98 Å². The summed E-state index contributed by atoms with van der Waals surface area (Å²) in [6, 6.07) is 0. The Kier molecular flexibility index (Phi) is 6.09. The van der Waals surface area contributed by atoms with Gasteiger partial charge in [-0.1, -0.05) is 33.1 Å². The van der Waals surface area contributed by atoms with Crippen molar-refractivity contribution in [3.8, 4) is 0 Å². The van der Waals surface area contributed by atoms with Gasteiger partial charge in [-0.2, -0.15) is 0 Å². The Morgan fingerprint density at radius 1 is 1.47 bits per heavy atom. The third-order valence-electron chi connectivity index (χ3n) is 2.82. The van der Waals surface area contributed by atoms with E-state index < -0.39 is 0 Å². The number of unbranched alkanes of at least 4 members (excludes halogenated alkanes) is 1. The van der Waals surface area contributed by atoms with E-state index in [9.17, 15) is 0 Å². The lowest BCUT2D eigenvalue weighted by Crippen LogP contribution is -2.22. The number of rotatable bonds is 8. The van der Waals surface area contributed by atoms with E-state index in [1.807, 2.05) is 6.20 Å². The lowest BCUT2D eigenvalue weighted by Gasteiger charge is -2.14. The third-order valence-corrected chi connectivity index (χ3v) is 2.82. The lowest BCUT2D eigenvalue weighted by molar-refractivity contribution is 0.417. The predicted molar refractivity (Wildman–Crippen MR) is 63.6 cm³/mol. The molecule has 1 atom stereocenters. The van der Waals surface area contributed by atoms with E-state index in [-0.39, 0.29) is 0 Å². The highest BCUT2D eigenvalue weighted by Crippen LogP contribution is 2.11. The number of H-pyrrole nitrogens is 1. The second kappa shape index (κ2) is 7.46. The lowest BCUT2D eigenvalue weighted by atomic mass is 9.99. The SMILES string of the molecule is CCCC[C@H](CC)CNCc1ncc[nH]1. The monoisotopic (exact) mass is 209 g/mol. The van der Waals surface area contributed by atoms with Gasteiger partial charge in [0.25, 0.3) is 0 Å². The Labute approximate surface area is 92.7 Å². The molecule has 86 valence electrons. The van der Waals surface area contributed by atoms with Crippen LogP contribution in [0.15, 0.2) is 12.4 Å². The van der Waals surface area contributed by atoms with E-state index in [0.29, 0.717) is 0 Å². The van der Waals surface area contributed by atoms with Gasteiger partial charge in [0.15, 0.2) is 0 Å². The molecule has 1 rings (SSSR count). The van der Waals surface area contributed by atoms with Crippen LogP contribution in [0.2, 0.25) is 0 Å². The fourth-order valence-electron chi connectivity index (χ4n) is 1.73. The van der Waals surface area contributed by atoms with Crippen LogP contribution in [-0.4, -0.2) is 16.5 Å². The smallest absolute Gasteiger partial charge is 0.120 e. The van der Waals surface area contributed by atoms with Crippen molar-refractivity contribution >= 4 is 0 Å². The van der Waals surface area contributed by atoms with E-state index in [1.54, 1.807) is 6.20 Å². The molecule has 0 aliphatic heterocycles. The minimum Gasteiger partial charge on any atom is -0.348 e. The van der Waals surface area contributed by atoms with Gasteiger partial charge in [-0.05, 0) is 18.9 Å². The van der Waals surface area contributed by atoms with Crippen molar-refractivity contribution in [2.45, 2.75) is 46.1 Å². The van der Waals surface area contributed by atoms with E-state index >= 15 is 0 Å². The second-order valence-corrected chi connectivity index (χ2v) is 4.08. The van der Waals surface area contributed by atoms with Crippen molar-refractivity contribution in [2.24, 2.45) is 5.92 Å². The largest absolute Gasteiger partial charge is 0.348 e.